The number of nitrogens with zero attached hydrogens (tertiary/aromatic N) is 4. The van der Waals surface area contributed by atoms with E-state index in [0.29, 0.717) is 22.5 Å². The average molecular weight is 429 g/mol. The van der Waals surface area contributed by atoms with Crippen LogP contribution in [-0.2, 0) is 0 Å². The fourth-order valence-electron chi connectivity index (χ4n) is 3.93. The van der Waals surface area contributed by atoms with Crippen molar-refractivity contribution in [3.8, 4) is 0 Å². The van der Waals surface area contributed by atoms with Gasteiger partial charge in [-0.25, -0.2) is 4.63 Å². The Balaban J connectivity index is 1.70. The number of fused-ring (bicyclic) bond motifs is 3. The van der Waals surface area contributed by atoms with Crippen molar-refractivity contribution in [2.45, 2.75) is 0 Å². The van der Waals surface area contributed by atoms with Crippen LogP contribution in [0.4, 0.5) is 22.7 Å². The van der Waals surface area contributed by atoms with Crippen LogP contribution in [-0.4, -0.2) is 40.9 Å². The van der Waals surface area contributed by atoms with Crippen LogP contribution in [0.15, 0.2) is 53.2 Å². The lowest BCUT2D eigenvalue weighted by molar-refractivity contribution is -0.382. The Bertz CT molecular complexity index is 1460. The number of aromatic nitrogens is 2. The van der Waals surface area contributed by atoms with Gasteiger partial charge in [-0.3, -0.25) is 19.7 Å². The first-order valence-corrected chi connectivity index (χ1v) is 9.58. The Morgan fingerprint density at radius 3 is 2.25 bits per heavy atom. The van der Waals surface area contributed by atoms with Crippen molar-refractivity contribution in [2.75, 3.05) is 24.3 Å². The van der Waals surface area contributed by atoms with Gasteiger partial charge in [0.1, 0.15) is 5.69 Å². The van der Waals surface area contributed by atoms with Gasteiger partial charge in [-0.05, 0) is 22.4 Å². The second-order valence-corrected chi connectivity index (χ2v) is 7.46. The summed E-state index contributed by atoms with van der Waals surface area (Å²) in [6.45, 7) is 0. The Hall–Kier alpha value is -4.60. The highest BCUT2D eigenvalue weighted by atomic mass is 16.6. The number of hydrogen-bond acceptors (Lipinski definition) is 9. The summed E-state index contributed by atoms with van der Waals surface area (Å²) in [5.74, 6) is -0.535. The average Bonchev–Trinajstić information content (AvgIpc) is 3.27. The molecule has 1 N–H and O–H groups in total. The van der Waals surface area contributed by atoms with Crippen molar-refractivity contribution in [1.29, 1.82) is 0 Å². The first-order chi connectivity index (χ1) is 15.4. The number of nitro groups is 1. The quantitative estimate of drug-likeness (QED) is 0.335. The van der Waals surface area contributed by atoms with Crippen molar-refractivity contribution in [3.63, 3.8) is 0 Å². The summed E-state index contributed by atoms with van der Waals surface area (Å²) in [4.78, 5) is 38.9. The van der Waals surface area contributed by atoms with Crippen molar-refractivity contribution in [2.24, 2.45) is 0 Å². The van der Waals surface area contributed by atoms with Gasteiger partial charge in [0.2, 0.25) is 5.52 Å². The lowest BCUT2D eigenvalue weighted by Crippen LogP contribution is -2.22. The van der Waals surface area contributed by atoms with E-state index in [9.17, 15) is 19.7 Å². The van der Waals surface area contributed by atoms with Crippen LogP contribution in [0.25, 0.3) is 11.0 Å². The van der Waals surface area contributed by atoms with Gasteiger partial charge in [-0.2, -0.15) is 0 Å². The Morgan fingerprint density at radius 1 is 0.906 bits per heavy atom. The van der Waals surface area contributed by atoms with Crippen LogP contribution in [0.3, 0.4) is 0 Å². The molecule has 1 heterocycles. The summed E-state index contributed by atoms with van der Waals surface area (Å²) < 4.78 is 4.78. The van der Waals surface area contributed by atoms with Crippen molar-refractivity contribution >= 4 is 45.3 Å². The van der Waals surface area contributed by atoms with E-state index in [1.54, 1.807) is 61.5 Å². The number of carbonyl (C=O) groups is 2. The molecule has 1 aliphatic rings. The van der Waals surface area contributed by atoms with Gasteiger partial charge in [0, 0.05) is 30.8 Å². The smallest absolute Gasteiger partial charge is 0.323 e. The zero-order chi connectivity index (χ0) is 22.6. The first-order valence-electron chi connectivity index (χ1n) is 9.58. The molecule has 0 amide bonds. The van der Waals surface area contributed by atoms with Gasteiger partial charge in [0.05, 0.1) is 21.9 Å². The summed E-state index contributed by atoms with van der Waals surface area (Å²) in [5, 5.41) is 22.3. The van der Waals surface area contributed by atoms with Crippen molar-refractivity contribution in [3.05, 3.63) is 80.9 Å². The van der Waals surface area contributed by atoms with Crippen LogP contribution in [0.2, 0.25) is 0 Å². The van der Waals surface area contributed by atoms with Crippen molar-refractivity contribution in [1.82, 2.24) is 10.3 Å². The van der Waals surface area contributed by atoms with Gasteiger partial charge in [-0.1, -0.05) is 36.4 Å². The molecule has 0 saturated heterocycles. The van der Waals surface area contributed by atoms with E-state index in [1.807, 2.05) is 0 Å². The molecule has 0 unspecified atom stereocenters. The van der Waals surface area contributed by atoms with Crippen LogP contribution < -0.4 is 10.2 Å². The number of nitro benzene ring substituents is 1. The van der Waals surface area contributed by atoms with Gasteiger partial charge >= 0.3 is 5.69 Å². The maximum absolute atomic E-state index is 13.3. The second kappa shape index (κ2) is 6.98. The normalized spacial score (nSPS) is 12.4. The molecule has 0 fully saturated rings. The maximum Gasteiger partial charge on any atom is 0.323 e. The minimum Gasteiger partial charge on any atom is -0.372 e. The molecule has 0 bridgehead atoms. The lowest BCUT2D eigenvalue weighted by atomic mass is 9.83. The third-order valence-electron chi connectivity index (χ3n) is 5.38. The van der Waals surface area contributed by atoms with Gasteiger partial charge in [0.15, 0.2) is 17.1 Å². The molecule has 1 aromatic heterocycles. The van der Waals surface area contributed by atoms with E-state index in [1.165, 1.54) is 6.07 Å². The maximum atomic E-state index is 13.3. The van der Waals surface area contributed by atoms with E-state index >= 15 is 0 Å². The third kappa shape index (κ3) is 2.73. The highest BCUT2D eigenvalue weighted by molar-refractivity contribution is 6.30. The number of hydrogen-bond donors (Lipinski definition) is 1. The standard InChI is InChI=1S/C22H15N5O5/c1-26(2)16-10-15(18-19(25-32-24-18)20(16)27(30)31)23-14-9-5-8-13-17(14)22(29)12-7-4-3-6-11(12)21(13)28/h3-10,23H,1-2H3. The van der Waals surface area contributed by atoms with E-state index < -0.39 is 4.92 Å². The molecule has 10 nitrogen and oxygen atoms in total. The summed E-state index contributed by atoms with van der Waals surface area (Å²) in [6.07, 6.45) is 0. The number of benzene rings is 3. The molecule has 5 rings (SSSR count). The number of carbonyl (C=O) groups excluding carboxylic acids is 2. The molecular formula is C22H15N5O5. The molecule has 158 valence electrons. The van der Waals surface area contributed by atoms with E-state index in [2.05, 4.69) is 15.6 Å². The van der Waals surface area contributed by atoms with E-state index in [-0.39, 0.29) is 45.1 Å². The topological polar surface area (TPSA) is 131 Å². The second-order valence-electron chi connectivity index (χ2n) is 7.46. The first kappa shape index (κ1) is 19.4. The molecule has 1 aliphatic carbocycles. The molecular weight excluding hydrogens is 414 g/mol. The van der Waals surface area contributed by atoms with E-state index in [4.69, 9.17) is 4.63 Å². The minimum atomic E-state index is -0.546. The number of ketones is 2. The molecule has 0 aliphatic heterocycles. The van der Waals surface area contributed by atoms with Gasteiger partial charge in [0.25, 0.3) is 0 Å². The van der Waals surface area contributed by atoms with Crippen molar-refractivity contribution < 1.29 is 19.1 Å². The summed E-state index contributed by atoms with van der Waals surface area (Å²) in [5.41, 5.74) is 2.05. The van der Waals surface area contributed by atoms with Crippen LogP contribution in [0, 0.1) is 10.1 Å². The summed E-state index contributed by atoms with van der Waals surface area (Å²) >= 11 is 0. The predicted molar refractivity (Wildman–Crippen MR) is 116 cm³/mol. The third-order valence-corrected chi connectivity index (χ3v) is 5.38. The summed E-state index contributed by atoms with van der Waals surface area (Å²) in [7, 11) is 3.32. The highest BCUT2D eigenvalue weighted by Gasteiger charge is 2.32. The fraction of sp³-hybridized carbons (Fsp3) is 0.0909. The SMILES string of the molecule is CN(C)c1cc(Nc2cccc3c2C(=O)c2ccccc2C3=O)c2nonc2c1[N+](=O)[O-]. The zero-order valence-electron chi connectivity index (χ0n) is 16.9. The Labute approximate surface area is 180 Å². The highest BCUT2D eigenvalue weighted by Crippen LogP contribution is 2.40. The predicted octanol–water partition coefficient (Wildman–Crippen LogP) is 3.72. The number of anilines is 3. The number of rotatable bonds is 4. The number of nitrogens with one attached hydrogen (secondary N) is 1. The minimum absolute atomic E-state index is 0.0266. The van der Waals surface area contributed by atoms with Crippen LogP contribution >= 0.6 is 0 Å². The molecule has 0 saturated carbocycles. The van der Waals surface area contributed by atoms with Crippen LogP contribution in [0.1, 0.15) is 31.8 Å². The largest absolute Gasteiger partial charge is 0.372 e. The molecule has 10 heteroatoms. The molecule has 32 heavy (non-hydrogen) atoms. The monoisotopic (exact) mass is 429 g/mol. The Kier molecular flexibility index (Phi) is 4.22. The summed E-state index contributed by atoms with van der Waals surface area (Å²) in [6, 6.07) is 13.1. The van der Waals surface area contributed by atoms with E-state index in [0.717, 1.165) is 0 Å². The lowest BCUT2D eigenvalue weighted by Gasteiger charge is -2.21. The molecule has 0 spiro atoms. The zero-order valence-corrected chi connectivity index (χ0v) is 16.9. The molecule has 0 radical (unpaired) electrons. The van der Waals surface area contributed by atoms with Gasteiger partial charge in [-0.15, -0.1) is 0 Å². The van der Waals surface area contributed by atoms with Gasteiger partial charge < -0.3 is 10.2 Å². The molecule has 3 aromatic carbocycles. The Morgan fingerprint density at radius 2 is 1.56 bits per heavy atom. The van der Waals surface area contributed by atoms with Crippen LogP contribution in [0.5, 0.6) is 0 Å². The fourth-order valence-corrected chi connectivity index (χ4v) is 3.93. The molecule has 0 atom stereocenters. The molecule has 4 aromatic rings.